The number of nitrogens with zero attached hydrogens (tertiary/aromatic N) is 3. The standard InChI is InChI=1S/C10H13N3O/c1-2-8-3-5-11-10(12-8)13-6-4-9(14)7-13/h2-3,5,9,14H,1,4,6-7H2/t9-/m1/s1. The average molecular weight is 191 g/mol. The van der Waals surface area contributed by atoms with E-state index in [1.165, 1.54) is 0 Å². The van der Waals surface area contributed by atoms with E-state index in [1.54, 1.807) is 12.3 Å². The lowest BCUT2D eigenvalue weighted by atomic mass is 10.3. The van der Waals surface area contributed by atoms with Gasteiger partial charge in [-0.2, -0.15) is 0 Å². The van der Waals surface area contributed by atoms with Crippen LogP contribution in [0.5, 0.6) is 0 Å². The van der Waals surface area contributed by atoms with E-state index < -0.39 is 0 Å². The molecule has 1 aromatic heterocycles. The molecular weight excluding hydrogens is 178 g/mol. The highest BCUT2D eigenvalue weighted by atomic mass is 16.3. The fraction of sp³-hybridized carbons (Fsp3) is 0.400. The molecule has 0 spiro atoms. The minimum absolute atomic E-state index is 0.244. The summed E-state index contributed by atoms with van der Waals surface area (Å²) < 4.78 is 0. The molecule has 1 fully saturated rings. The third-order valence-corrected chi connectivity index (χ3v) is 2.32. The van der Waals surface area contributed by atoms with Crippen molar-refractivity contribution in [3.8, 4) is 0 Å². The molecule has 0 amide bonds. The van der Waals surface area contributed by atoms with Crippen molar-refractivity contribution in [3.63, 3.8) is 0 Å². The van der Waals surface area contributed by atoms with Crippen LogP contribution in [0.4, 0.5) is 5.95 Å². The summed E-state index contributed by atoms with van der Waals surface area (Å²) >= 11 is 0. The number of aromatic nitrogens is 2. The van der Waals surface area contributed by atoms with Crippen LogP contribution in [0.1, 0.15) is 12.1 Å². The van der Waals surface area contributed by atoms with Crippen LogP contribution in [0, 0.1) is 0 Å². The number of aliphatic hydroxyl groups is 1. The molecule has 2 heterocycles. The average Bonchev–Trinajstić information content (AvgIpc) is 2.65. The van der Waals surface area contributed by atoms with Gasteiger partial charge < -0.3 is 10.0 Å². The molecule has 0 aromatic carbocycles. The topological polar surface area (TPSA) is 49.2 Å². The van der Waals surface area contributed by atoms with Crippen LogP contribution in [-0.2, 0) is 0 Å². The van der Waals surface area contributed by atoms with Crippen LogP contribution in [-0.4, -0.2) is 34.3 Å². The molecule has 1 N–H and O–H groups in total. The van der Waals surface area contributed by atoms with Crippen molar-refractivity contribution in [3.05, 3.63) is 24.5 Å². The van der Waals surface area contributed by atoms with E-state index in [0.717, 1.165) is 18.7 Å². The lowest BCUT2D eigenvalue weighted by molar-refractivity contribution is 0.198. The van der Waals surface area contributed by atoms with E-state index in [-0.39, 0.29) is 6.10 Å². The molecule has 1 saturated heterocycles. The number of aliphatic hydroxyl groups excluding tert-OH is 1. The molecule has 4 heteroatoms. The maximum atomic E-state index is 9.37. The Balaban J connectivity index is 2.19. The van der Waals surface area contributed by atoms with Gasteiger partial charge in [0.15, 0.2) is 0 Å². The van der Waals surface area contributed by atoms with Crippen molar-refractivity contribution in [1.29, 1.82) is 0 Å². The Hall–Kier alpha value is -1.42. The summed E-state index contributed by atoms with van der Waals surface area (Å²) in [6.45, 7) is 5.10. The quantitative estimate of drug-likeness (QED) is 0.747. The van der Waals surface area contributed by atoms with Gasteiger partial charge in [-0.3, -0.25) is 0 Å². The predicted octanol–water partition coefficient (Wildman–Crippen LogP) is 0.691. The molecule has 2 rings (SSSR count). The summed E-state index contributed by atoms with van der Waals surface area (Å²) in [4.78, 5) is 10.4. The molecule has 0 unspecified atom stereocenters. The van der Waals surface area contributed by atoms with Crippen LogP contribution < -0.4 is 4.90 Å². The minimum atomic E-state index is -0.244. The summed E-state index contributed by atoms with van der Waals surface area (Å²) in [7, 11) is 0. The number of β-amino-alcohol motifs (C(OH)–C–C–N with tert-alkyl or cyclic N) is 1. The summed E-state index contributed by atoms with van der Waals surface area (Å²) in [6, 6.07) is 1.81. The third-order valence-electron chi connectivity index (χ3n) is 2.32. The normalized spacial score (nSPS) is 21.2. The van der Waals surface area contributed by atoms with Crippen LogP contribution in [0.2, 0.25) is 0 Å². The van der Waals surface area contributed by atoms with E-state index in [4.69, 9.17) is 0 Å². The molecule has 0 radical (unpaired) electrons. The van der Waals surface area contributed by atoms with Crippen LogP contribution in [0.25, 0.3) is 6.08 Å². The molecule has 4 nitrogen and oxygen atoms in total. The van der Waals surface area contributed by atoms with Gasteiger partial charge in [-0.15, -0.1) is 0 Å². The highest BCUT2D eigenvalue weighted by Crippen LogP contribution is 2.15. The van der Waals surface area contributed by atoms with Gasteiger partial charge in [0.1, 0.15) is 0 Å². The largest absolute Gasteiger partial charge is 0.391 e. The van der Waals surface area contributed by atoms with Crippen molar-refractivity contribution in [2.24, 2.45) is 0 Å². The van der Waals surface area contributed by atoms with Gasteiger partial charge in [0.2, 0.25) is 5.95 Å². The van der Waals surface area contributed by atoms with E-state index in [2.05, 4.69) is 16.5 Å². The zero-order chi connectivity index (χ0) is 9.97. The second-order valence-electron chi connectivity index (χ2n) is 3.37. The second kappa shape index (κ2) is 3.75. The molecule has 1 aliphatic heterocycles. The van der Waals surface area contributed by atoms with Crippen LogP contribution in [0.15, 0.2) is 18.8 Å². The first kappa shape index (κ1) is 9.15. The van der Waals surface area contributed by atoms with Crippen molar-refractivity contribution < 1.29 is 5.11 Å². The Labute approximate surface area is 82.9 Å². The number of hydrogen-bond acceptors (Lipinski definition) is 4. The zero-order valence-corrected chi connectivity index (χ0v) is 7.93. The van der Waals surface area contributed by atoms with Gasteiger partial charge in [-0.25, -0.2) is 9.97 Å². The molecule has 14 heavy (non-hydrogen) atoms. The van der Waals surface area contributed by atoms with Crippen molar-refractivity contribution in [2.45, 2.75) is 12.5 Å². The Kier molecular flexibility index (Phi) is 2.45. The second-order valence-corrected chi connectivity index (χ2v) is 3.37. The summed E-state index contributed by atoms with van der Waals surface area (Å²) in [6.07, 6.45) is 3.95. The van der Waals surface area contributed by atoms with Crippen LogP contribution in [0.3, 0.4) is 0 Å². The van der Waals surface area contributed by atoms with E-state index in [1.807, 2.05) is 11.0 Å². The van der Waals surface area contributed by atoms with Crippen molar-refractivity contribution >= 4 is 12.0 Å². The fourth-order valence-corrected chi connectivity index (χ4v) is 1.55. The molecular formula is C10H13N3O. The Morgan fingerprint density at radius 2 is 2.50 bits per heavy atom. The molecule has 0 aliphatic carbocycles. The molecule has 74 valence electrons. The van der Waals surface area contributed by atoms with Crippen molar-refractivity contribution in [2.75, 3.05) is 18.0 Å². The van der Waals surface area contributed by atoms with E-state index in [0.29, 0.717) is 12.5 Å². The molecule has 1 aliphatic rings. The van der Waals surface area contributed by atoms with Crippen LogP contribution >= 0.6 is 0 Å². The lowest BCUT2D eigenvalue weighted by Gasteiger charge is -2.14. The van der Waals surface area contributed by atoms with Gasteiger partial charge in [-0.1, -0.05) is 6.58 Å². The maximum absolute atomic E-state index is 9.37. The first-order chi connectivity index (χ1) is 6.79. The Bertz CT molecular complexity index is 340. The summed E-state index contributed by atoms with van der Waals surface area (Å²) in [5, 5.41) is 9.37. The fourth-order valence-electron chi connectivity index (χ4n) is 1.55. The zero-order valence-electron chi connectivity index (χ0n) is 7.93. The molecule has 0 bridgehead atoms. The molecule has 1 aromatic rings. The SMILES string of the molecule is C=Cc1ccnc(N2CC[C@@H](O)C2)n1. The smallest absolute Gasteiger partial charge is 0.225 e. The summed E-state index contributed by atoms with van der Waals surface area (Å²) in [5.41, 5.74) is 0.816. The molecule has 0 saturated carbocycles. The first-order valence-electron chi connectivity index (χ1n) is 4.68. The Morgan fingerprint density at radius 1 is 1.64 bits per heavy atom. The number of rotatable bonds is 2. The third kappa shape index (κ3) is 1.75. The minimum Gasteiger partial charge on any atom is -0.391 e. The summed E-state index contributed by atoms with van der Waals surface area (Å²) in [5.74, 6) is 0.680. The first-order valence-corrected chi connectivity index (χ1v) is 4.68. The van der Waals surface area contributed by atoms with Crippen molar-refractivity contribution in [1.82, 2.24) is 9.97 Å². The number of hydrogen-bond donors (Lipinski definition) is 1. The molecule has 1 atom stereocenters. The predicted molar refractivity (Wildman–Crippen MR) is 55.0 cm³/mol. The monoisotopic (exact) mass is 191 g/mol. The van der Waals surface area contributed by atoms with Gasteiger partial charge in [0, 0.05) is 19.3 Å². The van der Waals surface area contributed by atoms with Gasteiger partial charge in [-0.05, 0) is 18.6 Å². The highest BCUT2D eigenvalue weighted by Gasteiger charge is 2.21. The van der Waals surface area contributed by atoms with Gasteiger partial charge >= 0.3 is 0 Å². The van der Waals surface area contributed by atoms with Gasteiger partial charge in [0.05, 0.1) is 11.8 Å². The Morgan fingerprint density at radius 3 is 3.14 bits per heavy atom. The number of anilines is 1. The van der Waals surface area contributed by atoms with E-state index >= 15 is 0 Å². The highest BCUT2D eigenvalue weighted by molar-refractivity contribution is 5.44. The maximum Gasteiger partial charge on any atom is 0.225 e. The van der Waals surface area contributed by atoms with Gasteiger partial charge in [0.25, 0.3) is 0 Å². The lowest BCUT2D eigenvalue weighted by Crippen LogP contribution is -2.23. The van der Waals surface area contributed by atoms with E-state index in [9.17, 15) is 5.11 Å².